The van der Waals surface area contributed by atoms with Gasteiger partial charge in [-0.15, -0.1) is 0 Å². The average Bonchev–Trinajstić information content (AvgIpc) is 2.94. The summed E-state index contributed by atoms with van der Waals surface area (Å²) < 4.78 is 0. The Morgan fingerprint density at radius 2 is 1.95 bits per heavy atom. The first-order chi connectivity index (χ1) is 10.1. The van der Waals surface area contributed by atoms with Crippen LogP contribution in [0.4, 0.5) is 4.79 Å². The lowest BCUT2D eigenvalue weighted by molar-refractivity contribution is 0.132. The van der Waals surface area contributed by atoms with E-state index in [1.807, 2.05) is 23.7 Å². The summed E-state index contributed by atoms with van der Waals surface area (Å²) in [4.78, 5) is 14.3. The summed E-state index contributed by atoms with van der Waals surface area (Å²) in [5.74, 6) is 1.61. The fourth-order valence-electron chi connectivity index (χ4n) is 3.62. The van der Waals surface area contributed by atoms with Crippen molar-refractivity contribution in [3.05, 3.63) is 0 Å². The number of amides is 2. The van der Waals surface area contributed by atoms with Gasteiger partial charge in [-0.05, 0) is 56.6 Å². The van der Waals surface area contributed by atoms with Gasteiger partial charge in [-0.25, -0.2) is 4.79 Å². The van der Waals surface area contributed by atoms with Crippen molar-refractivity contribution in [2.24, 2.45) is 5.92 Å². The Bertz CT molecular complexity index is 332. The summed E-state index contributed by atoms with van der Waals surface area (Å²) in [6.45, 7) is 2.49. The number of urea groups is 1. The van der Waals surface area contributed by atoms with Crippen LogP contribution in [0.25, 0.3) is 0 Å². The summed E-state index contributed by atoms with van der Waals surface area (Å²) >= 11 is 2.02. The van der Waals surface area contributed by atoms with E-state index in [1.165, 1.54) is 12.2 Å². The molecule has 0 aromatic heterocycles. The quantitative estimate of drug-likeness (QED) is 0.820. The largest absolute Gasteiger partial charge is 0.396 e. The molecule has 0 spiro atoms. The van der Waals surface area contributed by atoms with Gasteiger partial charge in [0.05, 0.1) is 0 Å². The zero-order chi connectivity index (χ0) is 15.2. The van der Waals surface area contributed by atoms with E-state index >= 15 is 0 Å². The zero-order valence-corrected chi connectivity index (χ0v) is 14.2. The minimum atomic E-state index is 0.0922. The molecule has 0 bridgehead atoms. The van der Waals surface area contributed by atoms with Crippen molar-refractivity contribution in [2.45, 2.75) is 69.2 Å². The molecule has 2 amide bonds. The van der Waals surface area contributed by atoms with Crippen molar-refractivity contribution >= 4 is 17.8 Å². The predicted octanol–water partition coefficient (Wildman–Crippen LogP) is 2.85. The molecule has 0 unspecified atom stereocenters. The van der Waals surface area contributed by atoms with Crippen LogP contribution >= 0.6 is 11.8 Å². The number of nitrogens with zero attached hydrogens (tertiary/aromatic N) is 1. The first kappa shape index (κ1) is 16.9. The molecule has 21 heavy (non-hydrogen) atoms. The molecular weight excluding hydrogens is 284 g/mol. The van der Waals surface area contributed by atoms with Crippen molar-refractivity contribution in [2.75, 3.05) is 19.4 Å². The molecule has 2 atom stereocenters. The molecular formula is C16H30N2O2S. The normalized spacial score (nSPS) is 32.9. The molecule has 5 heteroatoms. The number of thioether (sulfide) groups is 1. The molecule has 2 aliphatic rings. The van der Waals surface area contributed by atoms with Crippen molar-refractivity contribution in [3.8, 4) is 0 Å². The number of hydrogen-bond acceptors (Lipinski definition) is 3. The van der Waals surface area contributed by atoms with E-state index in [1.54, 1.807) is 0 Å². The highest BCUT2D eigenvalue weighted by Crippen LogP contribution is 2.30. The van der Waals surface area contributed by atoms with E-state index in [2.05, 4.69) is 12.2 Å². The van der Waals surface area contributed by atoms with Gasteiger partial charge in [0.1, 0.15) is 0 Å². The van der Waals surface area contributed by atoms with Gasteiger partial charge < -0.3 is 15.3 Å². The zero-order valence-electron chi connectivity index (χ0n) is 13.4. The van der Waals surface area contributed by atoms with Crippen LogP contribution in [-0.2, 0) is 0 Å². The lowest BCUT2D eigenvalue weighted by Gasteiger charge is -2.34. The first-order valence-electron chi connectivity index (χ1n) is 8.39. The molecule has 2 saturated carbocycles. The molecule has 4 nitrogen and oxygen atoms in total. The van der Waals surface area contributed by atoms with Gasteiger partial charge in [0, 0.05) is 31.0 Å². The van der Waals surface area contributed by atoms with Gasteiger partial charge in [0.15, 0.2) is 0 Å². The van der Waals surface area contributed by atoms with Crippen molar-refractivity contribution < 1.29 is 9.90 Å². The third-order valence-electron chi connectivity index (χ3n) is 5.06. The van der Waals surface area contributed by atoms with E-state index in [9.17, 15) is 9.90 Å². The number of hydrogen-bond donors (Lipinski definition) is 2. The Balaban J connectivity index is 1.73. The van der Waals surface area contributed by atoms with E-state index in [4.69, 9.17) is 0 Å². The number of aliphatic hydroxyl groups is 1. The summed E-state index contributed by atoms with van der Waals surface area (Å²) in [7, 11) is 1.92. The van der Waals surface area contributed by atoms with Crippen LogP contribution in [-0.4, -0.2) is 52.8 Å². The standard InChI is InChI=1S/C16H30N2O2S/c1-3-21-15-9-6-13(10-15)17-16(20)18(2)14-7-4-12(11-19)5-8-14/h12-15,19H,3-11H2,1-2H3,(H,17,20)/t12?,13-,14?,15-/m1/s1. The van der Waals surface area contributed by atoms with Crippen molar-refractivity contribution in [1.29, 1.82) is 0 Å². The summed E-state index contributed by atoms with van der Waals surface area (Å²) in [5.41, 5.74) is 0. The molecule has 2 aliphatic carbocycles. The number of rotatable bonds is 5. The Labute approximate surface area is 133 Å². The maximum absolute atomic E-state index is 12.4. The van der Waals surface area contributed by atoms with Gasteiger partial charge >= 0.3 is 6.03 Å². The fourth-order valence-corrected chi connectivity index (χ4v) is 4.76. The van der Waals surface area contributed by atoms with Crippen LogP contribution in [0.3, 0.4) is 0 Å². The Morgan fingerprint density at radius 3 is 2.57 bits per heavy atom. The molecule has 122 valence electrons. The highest BCUT2D eigenvalue weighted by Gasteiger charge is 2.30. The second-order valence-electron chi connectivity index (χ2n) is 6.50. The van der Waals surface area contributed by atoms with E-state index < -0.39 is 0 Å². The van der Waals surface area contributed by atoms with Crippen molar-refractivity contribution in [1.82, 2.24) is 10.2 Å². The minimum absolute atomic E-state index is 0.0922. The monoisotopic (exact) mass is 314 g/mol. The first-order valence-corrected chi connectivity index (χ1v) is 9.44. The minimum Gasteiger partial charge on any atom is -0.396 e. The number of nitrogens with one attached hydrogen (secondary N) is 1. The third kappa shape index (κ3) is 4.78. The Kier molecular flexibility index (Phi) is 6.68. The lowest BCUT2D eigenvalue weighted by atomic mass is 9.86. The average molecular weight is 314 g/mol. The van der Waals surface area contributed by atoms with Gasteiger partial charge in [-0.3, -0.25) is 0 Å². The molecule has 0 heterocycles. The topological polar surface area (TPSA) is 52.6 Å². The number of carbonyl (C=O) groups is 1. The van der Waals surface area contributed by atoms with E-state index in [-0.39, 0.29) is 6.03 Å². The van der Waals surface area contributed by atoms with Crippen LogP contribution in [0.1, 0.15) is 51.9 Å². The molecule has 0 radical (unpaired) electrons. The summed E-state index contributed by atoms with van der Waals surface area (Å²) in [6, 6.07) is 0.794. The SMILES string of the molecule is CCS[C@@H]1CC[C@@H](NC(=O)N(C)C2CCC(CO)CC2)C1. The molecule has 0 aliphatic heterocycles. The Morgan fingerprint density at radius 1 is 1.24 bits per heavy atom. The van der Waals surface area contributed by atoms with E-state index in [0.29, 0.717) is 24.6 Å². The number of carbonyl (C=O) groups excluding carboxylic acids is 1. The predicted molar refractivity (Wildman–Crippen MR) is 88.7 cm³/mol. The van der Waals surface area contributed by atoms with Crippen LogP contribution in [0.2, 0.25) is 0 Å². The second-order valence-corrected chi connectivity index (χ2v) is 8.08. The van der Waals surface area contributed by atoms with Gasteiger partial charge in [-0.2, -0.15) is 11.8 Å². The Hall–Kier alpha value is -0.420. The highest BCUT2D eigenvalue weighted by atomic mass is 32.2. The van der Waals surface area contributed by atoms with Crippen molar-refractivity contribution in [3.63, 3.8) is 0 Å². The molecule has 0 aromatic rings. The van der Waals surface area contributed by atoms with Crippen LogP contribution < -0.4 is 5.32 Å². The van der Waals surface area contributed by atoms with Crippen LogP contribution in [0, 0.1) is 5.92 Å². The summed E-state index contributed by atoms with van der Waals surface area (Å²) in [5, 5.41) is 13.1. The number of aliphatic hydroxyl groups excluding tert-OH is 1. The summed E-state index contributed by atoms with van der Waals surface area (Å²) in [6.07, 6.45) is 7.59. The highest BCUT2D eigenvalue weighted by molar-refractivity contribution is 7.99. The fraction of sp³-hybridized carbons (Fsp3) is 0.938. The smallest absolute Gasteiger partial charge is 0.317 e. The molecule has 2 rings (SSSR count). The second kappa shape index (κ2) is 8.28. The maximum Gasteiger partial charge on any atom is 0.317 e. The van der Waals surface area contributed by atoms with Gasteiger partial charge in [0.25, 0.3) is 0 Å². The lowest BCUT2D eigenvalue weighted by Crippen LogP contribution is -2.47. The molecule has 2 N–H and O–H groups in total. The maximum atomic E-state index is 12.4. The van der Waals surface area contributed by atoms with Crippen LogP contribution in [0.15, 0.2) is 0 Å². The molecule has 2 fully saturated rings. The van der Waals surface area contributed by atoms with E-state index in [0.717, 1.165) is 43.8 Å². The van der Waals surface area contributed by atoms with Gasteiger partial charge in [-0.1, -0.05) is 6.92 Å². The molecule has 0 aromatic carbocycles. The van der Waals surface area contributed by atoms with Gasteiger partial charge in [0.2, 0.25) is 0 Å². The third-order valence-corrected chi connectivity index (χ3v) is 6.29. The van der Waals surface area contributed by atoms with Crippen LogP contribution in [0.5, 0.6) is 0 Å². The molecule has 0 saturated heterocycles.